The van der Waals surface area contributed by atoms with Crippen LogP contribution < -0.4 is 0 Å². The number of pyridine rings is 1. The van der Waals surface area contributed by atoms with E-state index in [-0.39, 0.29) is 0 Å². The fourth-order valence-electron chi connectivity index (χ4n) is 9.23. The molecule has 8 aromatic carbocycles. The zero-order valence-corrected chi connectivity index (χ0v) is 32.0. The molecule has 2 aliphatic rings. The Morgan fingerprint density at radius 1 is 0.328 bits per heavy atom. The monoisotopic (exact) mass is 756 g/mol. The number of para-hydroxylation sites is 1. The van der Waals surface area contributed by atoms with Crippen LogP contribution in [0.5, 0.6) is 0 Å². The van der Waals surface area contributed by atoms with Gasteiger partial charge in [0.05, 0.1) is 16.6 Å². The largest absolute Gasteiger partial charge is 0.247 e. The van der Waals surface area contributed by atoms with Gasteiger partial charge in [0.1, 0.15) is 0 Å². The van der Waals surface area contributed by atoms with Crippen LogP contribution in [0.2, 0.25) is 0 Å². The SMILES string of the molecule is c1ccc(-c2nc(-c3ccccc3)nc(-c3ccc(-c4nc5ccccc5c5cc6c(cc45)Sc4ccccc4C64c5ccccc5-c5ccccc54)cc3)n2)cc1. The highest BCUT2D eigenvalue weighted by Gasteiger charge is 2.50. The molecule has 0 N–H and O–H groups in total. The molecule has 270 valence electrons. The summed E-state index contributed by atoms with van der Waals surface area (Å²) < 4.78 is 0. The van der Waals surface area contributed by atoms with Crippen molar-refractivity contribution in [3.8, 4) is 56.5 Å². The van der Waals surface area contributed by atoms with Crippen LogP contribution in [0, 0.1) is 0 Å². The number of hydrogen-bond donors (Lipinski definition) is 0. The molecule has 2 aromatic heterocycles. The highest BCUT2D eigenvalue weighted by atomic mass is 32.2. The van der Waals surface area contributed by atoms with Gasteiger partial charge < -0.3 is 0 Å². The van der Waals surface area contributed by atoms with E-state index < -0.39 is 5.41 Å². The molecular formula is C53H32N4S. The van der Waals surface area contributed by atoms with Gasteiger partial charge in [-0.1, -0.05) is 182 Å². The Morgan fingerprint density at radius 3 is 1.47 bits per heavy atom. The lowest BCUT2D eigenvalue weighted by atomic mass is 9.67. The van der Waals surface area contributed by atoms with Crippen LogP contribution in [0.15, 0.2) is 204 Å². The molecule has 4 nitrogen and oxygen atoms in total. The van der Waals surface area contributed by atoms with Crippen molar-refractivity contribution in [1.29, 1.82) is 0 Å². The second-order valence-electron chi connectivity index (χ2n) is 14.9. The van der Waals surface area contributed by atoms with Crippen molar-refractivity contribution in [2.24, 2.45) is 0 Å². The summed E-state index contributed by atoms with van der Waals surface area (Å²) in [7, 11) is 0. The van der Waals surface area contributed by atoms with Crippen molar-refractivity contribution in [3.63, 3.8) is 0 Å². The van der Waals surface area contributed by atoms with E-state index in [4.69, 9.17) is 19.9 Å². The summed E-state index contributed by atoms with van der Waals surface area (Å²) in [6.45, 7) is 0. The van der Waals surface area contributed by atoms with Gasteiger partial charge in [0, 0.05) is 42.8 Å². The molecule has 58 heavy (non-hydrogen) atoms. The summed E-state index contributed by atoms with van der Waals surface area (Å²) in [4.78, 5) is 22.8. The van der Waals surface area contributed by atoms with E-state index in [0.29, 0.717) is 17.5 Å². The molecule has 0 bridgehead atoms. The topological polar surface area (TPSA) is 51.6 Å². The van der Waals surface area contributed by atoms with Crippen LogP contribution in [-0.4, -0.2) is 19.9 Å². The van der Waals surface area contributed by atoms with Crippen LogP contribution in [0.4, 0.5) is 0 Å². The first-order valence-corrected chi connectivity index (χ1v) is 20.4. The van der Waals surface area contributed by atoms with E-state index in [1.807, 2.05) is 72.4 Å². The smallest absolute Gasteiger partial charge is 0.164 e. The van der Waals surface area contributed by atoms with E-state index in [1.165, 1.54) is 48.6 Å². The molecular weight excluding hydrogens is 725 g/mol. The summed E-state index contributed by atoms with van der Waals surface area (Å²) in [6.07, 6.45) is 0. The quantitative estimate of drug-likeness (QED) is 0.167. The summed E-state index contributed by atoms with van der Waals surface area (Å²) in [6, 6.07) is 69.1. The zero-order chi connectivity index (χ0) is 38.2. The van der Waals surface area contributed by atoms with Crippen LogP contribution >= 0.6 is 11.8 Å². The molecule has 3 heterocycles. The third-order valence-corrected chi connectivity index (χ3v) is 12.9. The second kappa shape index (κ2) is 12.9. The van der Waals surface area contributed by atoms with Crippen LogP contribution in [0.25, 0.3) is 78.2 Å². The van der Waals surface area contributed by atoms with Crippen molar-refractivity contribution in [1.82, 2.24) is 19.9 Å². The Bertz CT molecular complexity index is 3150. The van der Waals surface area contributed by atoms with Crippen LogP contribution in [-0.2, 0) is 5.41 Å². The van der Waals surface area contributed by atoms with Crippen LogP contribution in [0.1, 0.15) is 22.3 Å². The van der Waals surface area contributed by atoms with Crippen molar-refractivity contribution in [2.45, 2.75) is 15.2 Å². The predicted octanol–water partition coefficient (Wildman–Crippen LogP) is 13.1. The number of nitrogens with zero attached hydrogens (tertiary/aromatic N) is 4. The molecule has 0 unspecified atom stereocenters. The number of hydrogen-bond acceptors (Lipinski definition) is 5. The molecule has 0 amide bonds. The second-order valence-corrected chi connectivity index (χ2v) is 16.0. The molecule has 12 rings (SSSR count). The van der Waals surface area contributed by atoms with Gasteiger partial charge in [0.15, 0.2) is 17.5 Å². The minimum Gasteiger partial charge on any atom is -0.247 e. The maximum absolute atomic E-state index is 5.39. The van der Waals surface area contributed by atoms with Gasteiger partial charge in [-0.25, -0.2) is 19.9 Å². The zero-order valence-electron chi connectivity index (χ0n) is 31.2. The van der Waals surface area contributed by atoms with E-state index in [2.05, 4.69) is 133 Å². The first kappa shape index (κ1) is 33.0. The molecule has 1 aliphatic heterocycles. The normalized spacial score (nSPS) is 13.2. The Labute approximate surface area is 340 Å². The first-order chi connectivity index (χ1) is 28.7. The fourth-order valence-corrected chi connectivity index (χ4v) is 10.4. The average Bonchev–Trinajstić information content (AvgIpc) is 3.59. The summed E-state index contributed by atoms with van der Waals surface area (Å²) in [5.41, 5.74) is 13.2. The molecule has 0 fully saturated rings. The number of benzene rings is 8. The molecule has 0 radical (unpaired) electrons. The van der Waals surface area contributed by atoms with Gasteiger partial charge in [-0.2, -0.15) is 0 Å². The van der Waals surface area contributed by atoms with Crippen molar-refractivity contribution in [2.75, 3.05) is 0 Å². The van der Waals surface area contributed by atoms with Crippen LogP contribution in [0.3, 0.4) is 0 Å². The van der Waals surface area contributed by atoms with E-state index in [9.17, 15) is 0 Å². The van der Waals surface area contributed by atoms with Gasteiger partial charge in [-0.05, 0) is 63.0 Å². The van der Waals surface area contributed by atoms with E-state index in [1.54, 1.807) is 0 Å². The summed E-state index contributed by atoms with van der Waals surface area (Å²) in [5.74, 6) is 1.91. The van der Waals surface area contributed by atoms with Gasteiger partial charge in [-0.3, -0.25) is 0 Å². The minimum atomic E-state index is -0.452. The molecule has 1 spiro atoms. The maximum atomic E-state index is 5.39. The Kier molecular flexibility index (Phi) is 7.34. The number of rotatable bonds is 4. The van der Waals surface area contributed by atoms with Gasteiger partial charge in [0.2, 0.25) is 0 Å². The van der Waals surface area contributed by atoms with Crippen molar-refractivity contribution < 1.29 is 0 Å². The minimum absolute atomic E-state index is 0.452. The average molecular weight is 757 g/mol. The molecule has 0 saturated carbocycles. The first-order valence-electron chi connectivity index (χ1n) is 19.6. The molecule has 0 atom stereocenters. The van der Waals surface area contributed by atoms with Crippen molar-refractivity contribution >= 4 is 33.4 Å². The molecule has 0 saturated heterocycles. The number of fused-ring (bicyclic) bond motifs is 12. The lowest BCUT2D eigenvalue weighted by molar-refractivity contribution is 0.724. The summed E-state index contributed by atoms with van der Waals surface area (Å²) >= 11 is 1.87. The number of aromatic nitrogens is 4. The highest BCUT2D eigenvalue weighted by Crippen LogP contribution is 2.62. The Balaban J connectivity index is 1.06. The Morgan fingerprint density at radius 2 is 0.828 bits per heavy atom. The predicted molar refractivity (Wildman–Crippen MR) is 236 cm³/mol. The fraction of sp³-hybridized carbons (Fsp3) is 0.0189. The molecule has 1 aliphatic carbocycles. The highest BCUT2D eigenvalue weighted by molar-refractivity contribution is 7.99. The lowest BCUT2D eigenvalue weighted by Gasteiger charge is -2.40. The standard InChI is InChI=1S/C53H32N4S/c1-3-15-34(16-4-1)50-55-51(35-17-5-2-6-18-35)57-52(56-50)36-29-27-33(28-30-36)49-41-32-48-45(31-40(41)39-21-9-13-25-46(39)54-49)53(44-24-12-14-26-47(44)58-48)42-22-10-7-19-37(42)38-20-8-11-23-43(38)53/h1-32H. The van der Waals surface area contributed by atoms with Gasteiger partial charge in [0.25, 0.3) is 0 Å². The summed E-state index contributed by atoms with van der Waals surface area (Å²) in [5, 5.41) is 3.47. The Hall–Kier alpha value is -7.21. The molecule has 10 aromatic rings. The van der Waals surface area contributed by atoms with E-state index in [0.717, 1.165) is 44.2 Å². The van der Waals surface area contributed by atoms with Crippen molar-refractivity contribution in [3.05, 3.63) is 216 Å². The maximum Gasteiger partial charge on any atom is 0.164 e. The third-order valence-electron chi connectivity index (χ3n) is 11.8. The lowest BCUT2D eigenvalue weighted by Crippen LogP contribution is -2.32. The van der Waals surface area contributed by atoms with Gasteiger partial charge >= 0.3 is 0 Å². The van der Waals surface area contributed by atoms with E-state index >= 15 is 0 Å². The third kappa shape index (κ3) is 4.90. The van der Waals surface area contributed by atoms with Gasteiger partial charge in [-0.15, -0.1) is 0 Å². The molecule has 5 heteroatoms.